The van der Waals surface area contributed by atoms with Crippen LogP contribution >= 0.6 is 11.3 Å². The van der Waals surface area contributed by atoms with E-state index in [-0.39, 0.29) is 5.56 Å². The maximum atomic E-state index is 11.1. The van der Waals surface area contributed by atoms with Gasteiger partial charge in [0.25, 0.3) is 0 Å². The van der Waals surface area contributed by atoms with Crippen LogP contribution in [-0.2, 0) is 19.4 Å². The smallest absolute Gasteiger partial charge is 0.335 e. The number of carbonyl (C=O) groups is 1. The first-order valence-corrected chi connectivity index (χ1v) is 7.82. The van der Waals surface area contributed by atoms with E-state index in [1.54, 1.807) is 23.5 Å². The molecule has 21 heavy (non-hydrogen) atoms. The summed E-state index contributed by atoms with van der Waals surface area (Å²) in [5.41, 5.74) is 2.05. The fraction of sp³-hybridized carbons (Fsp3) is 0.250. The Labute approximate surface area is 126 Å². The van der Waals surface area contributed by atoms with Gasteiger partial charge in [-0.2, -0.15) is 0 Å². The fourth-order valence-corrected chi connectivity index (χ4v) is 3.21. The summed E-state index contributed by atoms with van der Waals surface area (Å²) in [6.45, 7) is 2.94. The predicted octanol–water partition coefficient (Wildman–Crippen LogP) is 3.60. The lowest BCUT2D eigenvalue weighted by Gasteiger charge is -2.07. The number of aromatic carboxylic acids is 1. The van der Waals surface area contributed by atoms with Gasteiger partial charge in [0.05, 0.1) is 16.6 Å². The van der Waals surface area contributed by atoms with Crippen LogP contribution in [0.3, 0.4) is 0 Å². The lowest BCUT2D eigenvalue weighted by atomic mass is 10.2. The molecule has 0 bridgehead atoms. The fourth-order valence-electron chi connectivity index (χ4n) is 2.51. The lowest BCUT2D eigenvalue weighted by Crippen LogP contribution is -2.05. The number of benzene rings is 1. The van der Waals surface area contributed by atoms with Crippen LogP contribution in [0, 0.1) is 0 Å². The molecule has 1 aromatic carbocycles. The number of imidazole rings is 1. The van der Waals surface area contributed by atoms with Crippen molar-refractivity contribution < 1.29 is 9.90 Å². The van der Waals surface area contributed by atoms with Crippen molar-refractivity contribution >= 4 is 28.3 Å². The van der Waals surface area contributed by atoms with Crippen molar-refractivity contribution in [3.63, 3.8) is 0 Å². The van der Waals surface area contributed by atoms with Crippen molar-refractivity contribution in [3.8, 4) is 0 Å². The van der Waals surface area contributed by atoms with Crippen molar-refractivity contribution in [1.82, 2.24) is 9.55 Å². The van der Waals surface area contributed by atoms with Gasteiger partial charge in [0, 0.05) is 17.8 Å². The number of fused-ring (bicyclic) bond motifs is 1. The zero-order valence-electron chi connectivity index (χ0n) is 11.7. The summed E-state index contributed by atoms with van der Waals surface area (Å²) >= 11 is 1.76. The third-order valence-electron chi connectivity index (χ3n) is 3.55. The monoisotopic (exact) mass is 300 g/mol. The normalized spacial score (nSPS) is 11.1. The number of hydrogen-bond acceptors (Lipinski definition) is 3. The zero-order chi connectivity index (χ0) is 14.8. The molecule has 0 aliphatic heterocycles. The Hall–Kier alpha value is -2.14. The lowest BCUT2D eigenvalue weighted by molar-refractivity contribution is 0.0697. The molecule has 3 aromatic rings. The van der Waals surface area contributed by atoms with Crippen LogP contribution in [0.2, 0.25) is 0 Å². The molecule has 0 aliphatic carbocycles. The molecule has 0 amide bonds. The van der Waals surface area contributed by atoms with Crippen molar-refractivity contribution in [1.29, 1.82) is 0 Å². The van der Waals surface area contributed by atoms with Gasteiger partial charge in [0.15, 0.2) is 0 Å². The minimum absolute atomic E-state index is 0.285. The van der Waals surface area contributed by atoms with Crippen molar-refractivity contribution in [2.45, 2.75) is 26.3 Å². The zero-order valence-corrected chi connectivity index (χ0v) is 12.6. The van der Waals surface area contributed by atoms with Crippen molar-refractivity contribution in [2.24, 2.45) is 0 Å². The number of thiophene rings is 1. The SMILES string of the molecule is CCc1nc2cc(C(=O)O)ccc2n1CCc1cccs1. The summed E-state index contributed by atoms with van der Waals surface area (Å²) in [6.07, 6.45) is 1.80. The minimum atomic E-state index is -0.914. The molecule has 4 nitrogen and oxygen atoms in total. The average molecular weight is 300 g/mol. The highest BCUT2D eigenvalue weighted by Gasteiger charge is 2.12. The van der Waals surface area contributed by atoms with Gasteiger partial charge in [0.2, 0.25) is 0 Å². The van der Waals surface area contributed by atoms with Crippen LogP contribution in [0.5, 0.6) is 0 Å². The van der Waals surface area contributed by atoms with Crippen molar-refractivity contribution in [3.05, 3.63) is 52.0 Å². The van der Waals surface area contributed by atoms with Crippen LogP contribution in [0.25, 0.3) is 11.0 Å². The van der Waals surface area contributed by atoms with E-state index in [1.165, 1.54) is 4.88 Å². The molecule has 2 aromatic heterocycles. The van der Waals surface area contributed by atoms with E-state index >= 15 is 0 Å². The third kappa shape index (κ3) is 2.69. The molecule has 0 atom stereocenters. The summed E-state index contributed by atoms with van der Waals surface area (Å²) in [5.74, 6) is 0.0900. The molecule has 0 spiro atoms. The number of hydrogen-bond donors (Lipinski definition) is 1. The van der Waals surface area contributed by atoms with Crippen LogP contribution in [0.4, 0.5) is 0 Å². The molecule has 0 aliphatic rings. The molecule has 0 saturated heterocycles. The summed E-state index contributed by atoms with van der Waals surface area (Å²) in [4.78, 5) is 17.0. The van der Waals surface area contributed by atoms with E-state index in [1.807, 2.05) is 6.07 Å². The van der Waals surface area contributed by atoms with E-state index in [9.17, 15) is 4.79 Å². The van der Waals surface area contributed by atoms with E-state index in [4.69, 9.17) is 5.11 Å². The summed E-state index contributed by atoms with van der Waals surface area (Å²) in [7, 11) is 0. The Kier molecular flexibility index (Phi) is 3.75. The molecule has 0 saturated carbocycles. The Morgan fingerprint density at radius 3 is 2.90 bits per heavy atom. The Morgan fingerprint density at radius 2 is 2.24 bits per heavy atom. The van der Waals surface area contributed by atoms with E-state index in [2.05, 4.69) is 34.0 Å². The molecule has 5 heteroatoms. The Bertz CT molecular complexity index is 775. The molecule has 1 N–H and O–H groups in total. The molecule has 3 rings (SSSR count). The van der Waals surface area contributed by atoms with Gasteiger partial charge in [-0.15, -0.1) is 11.3 Å². The minimum Gasteiger partial charge on any atom is -0.478 e. The van der Waals surface area contributed by atoms with E-state index in [0.717, 1.165) is 36.2 Å². The van der Waals surface area contributed by atoms with Gasteiger partial charge in [0.1, 0.15) is 5.82 Å². The number of aryl methyl sites for hydroxylation is 3. The summed E-state index contributed by atoms with van der Waals surface area (Å²) < 4.78 is 2.20. The second kappa shape index (κ2) is 5.69. The van der Waals surface area contributed by atoms with Gasteiger partial charge in [-0.3, -0.25) is 0 Å². The number of carboxylic acid groups (broad SMARTS) is 1. The van der Waals surface area contributed by atoms with Crippen LogP contribution < -0.4 is 0 Å². The molecule has 0 fully saturated rings. The number of rotatable bonds is 5. The largest absolute Gasteiger partial charge is 0.478 e. The van der Waals surface area contributed by atoms with Gasteiger partial charge in [-0.25, -0.2) is 9.78 Å². The van der Waals surface area contributed by atoms with Gasteiger partial charge in [-0.1, -0.05) is 13.0 Å². The molecule has 0 unspecified atom stereocenters. The topological polar surface area (TPSA) is 55.1 Å². The number of aromatic nitrogens is 2. The highest BCUT2D eigenvalue weighted by atomic mass is 32.1. The molecule has 0 radical (unpaired) electrons. The summed E-state index contributed by atoms with van der Waals surface area (Å²) in [5, 5.41) is 11.2. The Balaban J connectivity index is 1.97. The first kappa shape index (κ1) is 13.8. The van der Waals surface area contributed by atoms with Gasteiger partial charge in [-0.05, 0) is 36.1 Å². The molecular weight excluding hydrogens is 284 g/mol. The second-order valence-electron chi connectivity index (χ2n) is 4.87. The third-order valence-corrected chi connectivity index (χ3v) is 4.49. The quantitative estimate of drug-likeness (QED) is 0.783. The van der Waals surface area contributed by atoms with Crippen LogP contribution in [-0.4, -0.2) is 20.6 Å². The number of nitrogens with zero attached hydrogens (tertiary/aromatic N) is 2. The maximum absolute atomic E-state index is 11.1. The Morgan fingerprint density at radius 1 is 1.38 bits per heavy atom. The molecule has 108 valence electrons. The molecule has 2 heterocycles. The van der Waals surface area contributed by atoms with Crippen LogP contribution in [0.15, 0.2) is 35.7 Å². The first-order chi connectivity index (χ1) is 10.2. The average Bonchev–Trinajstić information content (AvgIpc) is 3.11. The van der Waals surface area contributed by atoms with Gasteiger partial charge >= 0.3 is 5.97 Å². The maximum Gasteiger partial charge on any atom is 0.335 e. The van der Waals surface area contributed by atoms with Crippen LogP contribution in [0.1, 0.15) is 28.0 Å². The molecular formula is C16H16N2O2S. The van der Waals surface area contributed by atoms with E-state index < -0.39 is 5.97 Å². The highest BCUT2D eigenvalue weighted by molar-refractivity contribution is 7.09. The van der Waals surface area contributed by atoms with Crippen molar-refractivity contribution in [2.75, 3.05) is 0 Å². The summed E-state index contributed by atoms with van der Waals surface area (Å²) in [6, 6.07) is 9.36. The second-order valence-corrected chi connectivity index (χ2v) is 5.90. The highest BCUT2D eigenvalue weighted by Crippen LogP contribution is 2.20. The van der Waals surface area contributed by atoms with E-state index in [0.29, 0.717) is 0 Å². The van der Waals surface area contributed by atoms with Gasteiger partial charge < -0.3 is 9.67 Å². The number of carboxylic acids is 1. The first-order valence-electron chi connectivity index (χ1n) is 6.94. The predicted molar refractivity (Wildman–Crippen MR) is 84.1 cm³/mol. The standard InChI is InChI=1S/C16H16N2O2S/c1-2-15-17-13-10-11(16(19)20)5-6-14(13)18(15)8-7-12-4-3-9-21-12/h3-6,9-10H,2,7-8H2,1H3,(H,19,20).